The number of rotatable bonds is 12. The number of nitrogens with zero attached hydrogens (tertiary/aromatic N) is 1. The fourth-order valence-electron chi connectivity index (χ4n) is 4.21. The highest BCUT2D eigenvalue weighted by Gasteiger charge is 2.34. The van der Waals surface area contributed by atoms with Crippen LogP contribution in [0.5, 0.6) is 0 Å². The number of hydrogen-bond donors (Lipinski definition) is 1. The van der Waals surface area contributed by atoms with Gasteiger partial charge in [0.15, 0.2) is 0 Å². The number of carbonyl (C=O) groups is 2. The van der Waals surface area contributed by atoms with E-state index in [1.807, 2.05) is 41.3 Å². The van der Waals surface area contributed by atoms with E-state index in [4.69, 9.17) is 0 Å². The van der Waals surface area contributed by atoms with Crippen LogP contribution in [0, 0.1) is 0 Å². The van der Waals surface area contributed by atoms with E-state index < -0.39 is 0 Å². The van der Waals surface area contributed by atoms with Gasteiger partial charge in [-0.15, -0.1) is 11.8 Å². The molecule has 1 heterocycles. The van der Waals surface area contributed by atoms with Gasteiger partial charge in [0.2, 0.25) is 11.8 Å². The normalized spacial score (nSPS) is 15.9. The Morgan fingerprint density at radius 2 is 1.73 bits per heavy atom. The zero-order valence-electron chi connectivity index (χ0n) is 20.3. The van der Waals surface area contributed by atoms with Gasteiger partial charge in [-0.25, -0.2) is 0 Å². The maximum Gasteiger partial charge on any atom is 0.238 e. The van der Waals surface area contributed by atoms with E-state index in [0.717, 1.165) is 29.8 Å². The molecular formula is C28H38N2O2S. The van der Waals surface area contributed by atoms with Crippen molar-refractivity contribution >= 4 is 35.0 Å². The van der Waals surface area contributed by atoms with Crippen LogP contribution >= 0.6 is 11.8 Å². The van der Waals surface area contributed by atoms with Gasteiger partial charge in [0.05, 0.1) is 5.75 Å². The SMILES string of the molecule is CCCCCCCCCC(=O)Nc1cccc(C2SCC(=O)N2c2ccc(C(C)C)cc2)c1. The monoisotopic (exact) mass is 466 g/mol. The second kappa shape index (κ2) is 12.8. The minimum atomic E-state index is -0.0811. The Kier molecular flexibility index (Phi) is 9.86. The number of thioether (sulfide) groups is 1. The standard InChI is InChI=1S/C28H38N2O2S/c1-4-5-6-7-8-9-10-14-26(31)29-24-13-11-12-23(19-24)28-30(27(32)20-33-28)25-17-15-22(16-18-25)21(2)3/h11-13,15-19,21,28H,4-10,14,20H2,1-3H3,(H,29,31). The Morgan fingerprint density at radius 3 is 2.42 bits per heavy atom. The van der Waals surface area contributed by atoms with Crippen molar-refractivity contribution in [3.8, 4) is 0 Å². The molecule has 0 bridgehead atoms. The number of carbonyl (C=O) groups excluding carboxylic acids is 2. The number of unbranched alkanes of at least 4 members (excludes halogenated alkanes) is 6. The number of benzene rings is 2. The smallest absolute Gasteiger partial charge is 0.238 e. The molecule has 1 fully saturated rings. The molecule has 1 atom stereocenters. The number of hydrogen-bond acceptors (Lipinski definition) is 3. The van der Waals surface area contributed by atoms with Crippen LogP contribution in [-0.2, 0) is 9.59 Å². The highest BCUT2D eigenvalue weighted by molar-refractivity contribution is 8.00. The molecule has 1 saturated heterocycles. The first-order valence-corrected chi connectivity index (χ1v) is 13.5. The molecule has 3 rings (SSSR count). The number of nitrogens with one attached hydrogen (secondary N) is 1. The molecule has 2 amide bonds. The third-order valence-electron chi connectivity index (χ3n) is 6.17. The van der Waals surface area contributed by atoms with Crippen LogP contribution in [0.1, 0.15) is 94.6 Å². The minimum absolute atomic E-state index is 0.0667. The van der Waals surface area contributed by atoms with Crippen molar-refractivity contribution in [3.05, 3.63) is 59.7 Å². The predicted octanol–water partition coefficient (Wildman–Crippen LogP) is 7.67. The lowest BCUT2D eigenvalue weighted by Gasteiger charge is -2.25. The lowest BCUT2D eigenvalue weighted by molar-refractivity contribution is -0.117. The minimum Gasteiger partial charge on any atom is -0.326 e. The Labute approximate surface area is 203 Å². The summed E-state index contributed by atoms with van der Waals surface area (Å²) in [5.74, 6) is 1.11. The van der Waals surface area contributed by atoms with Crippen LogP contribution < -0.4 is 10.2 Å². The molecule has 0 saturated carbocycles. The first-order valence-electron chi connectivity index (χ1n) is 12.4. The van der Waals surface area contributed by atoms with Crippen LogP contribution in [0.2, 0.25) is 0 Å². The van der Waals surface area contributed by atoms with E-state index in [1.54, 1.807) is 11.8 Å². The molecule has 1 N–H and O–H groups in total. The lowest BCUT2D eigenvalue weighted by Crippen LogP contribution is -2.27. The van der Waals surface area contributed by atoms with Crippen molar-refractivity contribution in [3.63, 3.8) is 0 Å². The quantitative estimate of drug-likeness (QED) is 0.327. The van der Waals surface area contributed by atoms with Crippen LogP contribution in [-0.4, -0.2) is 17.6 Å². The molecule has 0 radical (unpaired) electrons. The van der Waals surface area contributed by atoms with Crippen molar-refractivity contribution in [2.24, 2.45) is 0 Å². The zero-order chi connectivity index (χ0) is 23.6. The van der Waals surface area contributed by atoms with E-state index in [0.29, 0.717) is 18.1 Å². The van der Waals surface area contributed by atoms with E-state index >= 15 is 0 Å². The molecule has 0 aromatic heterocycles. The van der Waals surface area contributed by atoms with E-state index in [-0.39, 0.29) is 17.2 Å². The Balaban J connectivity index is 1.58. The van der Waals surface area contributed by atoms with Crippen LogP contribution in [0.4, 0.5) is 11.4 Å². The number of anilines is 2. The van der Waals surface area contributed by atoms with E-state index in [9.17, 15) is 9.59 Å². The van der Waals surface area contributed by atoms with Crippen LogP contribution in [0.15, 0.2) is 48.5 Å². The van der Waals surface area contributed by atoms with Crippen molar-refractivity contribution in [1.29, 1.82) is 0 Å². The van der Waals surface area contributed by atoms with Gasteiger partial charge >= 0.3 is 0 Å². The third kappa shape index (κ3) is 7.36. The lowest BCUT2D eigenvalue weighted by atomic mass is 10.0. The van der Waals surface area contributed by atoms with Gasteiger partial charge in [-0.2, -0.15) is 0 Å². The van der Waals surface area contributed by atoms with Crippen molar-refractivity contribution in [1.82, 2.24) is 0 Å². The third-order valence-corrected chi connectivity index (χ3v) is 7.38. The molecule has 0 spiro atoms. The fraction of sp³-hybridized carbons (Fsp3) is 0.500. The second-order valence-corrected chi connectivity index (χ2v) is 10.3. The maximum absolute atomic E-state index is 12.7. The first-order chi connectivity index (χ1) is 16.0. The predicted molar refractivity (Wildman–Crippen MR) is 141 cm³/mol. The average Bonchev–Trinajstić information content (AvgIpc) is 3.20. The van der Waals surface area contributed by atoms with E-state index in [2.05, 4.69) is 38.2 Å². The summed E-state index contributed by atoms with van der Waals surface area (Å²) < 4.78 is 0. The molecule has 2 aromatic carbocycles. The van der Waals surface area contributed by atoms with Gasteiger partial charge in [0.25, 0.3) is 0 Å². The zero-order valence-corrected chi connectivity index (χ0v) is 21.1. The number of amides is 2. The summed E-state index contributed by atoms with van der Waals surface area (Å²) in [6.07, 6.45) is 8.96. The van der Waals surface area contributed by atoms with Crippen molar-refractivity contribution in [2.45, 2.75) is 83.4 Å². The Morgan fingerprint density at radius 1 is 1.03 bits per heavy atom. The van der Waals surface area contributed by atoms with Gasteiger partial charge in [-0.1, -0.05) is 83.6 Å². The van der Waals surface area contributed by atoms with Gasteiger partial charge in [-0.05, 0) is 47.7 Å². The summed E-state index contributed by atoms with van der Waals surface area (Å²) in [5, 5.41) is 2.97. The van der Waals surface area contributed by atoms with Gasteiger partial charge < -0.3 is 5.32 Å². The van der Waals surface area contributed by atoms with Crippen LogP contribution in [0.25, 0.3) is 0 Å². The average molecular weight is 467 g/mol. The second-order valence-electron chi connectivity index (χ2n) is 9.22. The largest absolute Gasteiger partial charge is 0.326 e. The maximum atomic E-state index is 12.7. The molecule has 5 heteroatoms. The summed E-state index contributed by atoms with van der Waals surface area (Å²) in [4.78, 5) is 27.0. The summed E-state index contributed by atoms with van der Waals surface area (Å²) in [7, 11) is 0. The fourth-order valence-corrected chi connectivity index (χ4v) is 5.37. The molecular weight excluding hydrogens is 428 g/mol. The highest BCUT2D eigenvalue weighted by Crippen LogP contribution is 2.42. The Hall–Kier alpha value is -2.27. The molecule has 0 aliphatic carbocycles. The summed E-state index contributed by atoms with van der Waals surface area (Å²) in [5.41, 5.74) is 4.02. The Bertz CT molecular complexity index is 910. The van der Waals surface area contributed by atoms with Gasteiger partial charge in [-0.3, -0.25) is 14.5 Å². The molecule has 1 aliphatic heterocycles. The molecule has 33 heavy (non-hydrogen) atoms. The van der Waals surface area contributed by atoms with Gasteiger partial charge in [0.1, 0.15) is 5.37 Å². The summed E-state index contributed by atoms with van der Waals surface area (Å²) in [6, 6.07) is 16.2. The van der Waals surface area contributed by atoms with Crippen LogP contribution in [0.3, 0.4) is 0 Å². The highest BCUT2D eigenvalue weighted by atomic mass is 32.2. The molecule has 1 aliphatic rings. The molecule has 2 aromatic rings. The molecule has 178 valence electrons. The first kappa shape index (κ1) is 25.4. The molecule has 4 nitrogen and oxygen atoms in total. The van der Waals surface area contributed by atoms with Gasteiger partial charge in [0, 0.05) is 17.8 Å². The molecule has 1 unspecified atom stereocenters. The summed E-state index contributed by atoms with van der Waals surface area (Å²) in [6.45, 7) is 6.56. The topological polar surface area (TPSA) is 49.4 Å². The van der Waals surface area contributed by atoms with Crippen molar-refractivity contribution < 1.29 is 9.59 Å². The van der Waals surface area contributed by atoms with Crippen molar-refractivity contribution in [2.75, 3.05) is 16.0 Å². The van der Waals surface area contributed by atoms with E-state index in [1.165, 1.54) is 37.7 Å². The summed E-state index contributed by atoms with van der Waals surface area (Å²) >= 11 is 1.63.